The maximum atomic E-state index is 10.5. The first-order chi connectivity index (χ1) is 8.54. The molecule has 0 spiro atoms. The van der Waals surface area contributed by atoms with Gasteiger partial charge in [-0.25, -0.2) is 4.98 Å². The molecule has 0 saturated carbocycles. The molecule has 1 saturated heterocycles. The Morgan fingerprint density at radius 1 is 1.56 bits per heavy atom. The van der Waals surface area contributed by atoms with Crippen LogP contribution in [0.3, 0.4) is 0 Å². The summed E-state index contributed by atoms with van der Waals surface area (Å²) in [5.74, 6) is -0.779. The van der Waals surface area contributed by atoms with Gasteiger partial charge < -0.3 is 14.7 Å². The number of hydrogen-bond acceptors (Lipinski definition) is 5. The fourth-order valence-electron chi connectivity index (χ4n) is 2.13. The number of aromatic nitrogens is 1. The Kier molecular flexibility index (Phi) is 4.19. The predicted molar refractivity (Wildman–Crippen MR) is 70.3 cm³/mol. The van der Waals surface area contributed by atoms with Gasteiger partial charge in [-0.2, -0.15) is 0 Å². The highest BCUT2D eigenvalue weighted by Crippen LogP contribution is 2.24. The van der Waals surface area contributed by atoms with E-state index in [2.05, 4.69) is 23.7 Å². The number of carboxylic acid groups (broad SMARTS) is 1. The minimum atomic E-state index is -0.779. The SMILES string of the molecule is C[C@@H]1CN(c2nc(CCC(=O)O)cs2)C[C@H](C)O1. The van der Waals surface area contributed by atoms with Gasteiger partial charge in [0, 0.05) is 24.9 Å². The van der Waals surface area contributed by atoms with Crippen molar-refractivity contribution in [2.24, 2.45) is 0 Å². The van der Waals surface area contributed by atoms with E-state index in [0.29, 0.717) is 6.42 Å². The van der Waals surface area contributed by atoms with Crippen LogP contribution in [-0.4, -0.2) is 41.4 Å². The number of nitrogens with zero attached hydrogens (tertiary/aromatic N) is 2. The van der Waals surface area contributed by atoms with Crippen molar-refractivity contribution in [3.63, 3.8) is 0 Å². The van der Waals surface area contributed by atoms with Crippen LogP contribution in [0.2, 0.25) is 0 Å². The Balaban J connectivity index is 1.98. The number of carbonyl (C=O) groups is 1. The minimum absolute atomic E-state index is 0.138. The van der Waals surface area contributed by atoms with Gasteiger partial charge in [-0.1, -0.05) is 0 Å². The molecule has 1 N–H and O–H groups in total. The van der Waals surface area contributed by atoms with Gasteiger partial charge in [0.1, 0.15) is 0 Å². The zero-order valence-electron chi connectivity index (χ0n) is 10.6. The van der Waals surface area contributed by atoms with Crippen molar-refractivity contribution in [3.05, 3.63) is 11.1 Å². The Bertz CT molecular complexity index is 411. The van der Waals surface area contributed by atoms with Crippen molar-refractivity contribution in [1.82, 2.24) is 4.98 Å². The van der Waals surface area contributed by atoms with E-state index >= 15 is 0 Å². The lowest BCUT2D eigenvalue weighted by Gasteiger charge is -2.35. The summed E-state index contributed by atoms with van der Waals surface area (Å²) in [5, 5.41) is 11.6. The monoisotopic (exact) mass is 270 g/mol. The van der Waals surface area contributed by atoms with Crippen LogP contribution in [-0.2, 0) is 16.0 Å². The first kappa shape index (κ1) is 13.3. The highest BCUT2D eigenvalue weighted by Gasteiger charge is 2.24. The molecule has 1 aromatic rings. The smallest absolute Gasteiger partial charge is 0.303 e. The molecule has 0 unspecified atom stereocenters. The van der Waals surface area contributed by atoms with E-state index in [0.717, 1.165) is 23.9 Å². The number of carboxylic acids is 1. The van der Waals surface area contributed by atoms with E-state index in [1.165, 1.54) is 0 Å². The second-order valence-electron chi connectivity index (χ2n) is 4.68. The molecule has 1 aliphatic heterocycles. The Morgan fingerprint density at radius 3 is 2.83 bits per heavy atom. The first-order valence-electron chi connectivity index (χ1n) is 6.11. The molecule has 5 nitrogen and oxygen atoms in total. The molecule has 0 bridgehead atoms. The number of anilines is 1. The fourth-order valence-corrected chi connectivity index (χ4v) is 3.01. The van der Waals surface area contributed by atoms with Gasteiger partial charge in [0.25, 0.3) is 0 Å². The normalized spacial score (nSPS) is 24.2. The van der Waals surface area contributed by atoms with E-state index in [-0.39, 0.29) is 18.6 Å². The quantitative estimate of drug-likeness (QED) is 0.903. The average Bonchev–Trinajstić information content (AvgIpc) is 2.73. The van der Waals surface area contributed by atoms with E-state index < -0.39 is 5.97 Å². The van der Waals surface area contributed by atoms with E-state index in [4.69, 9.17) is 9.84 Å². The molecule has 1 aromatic heterocycles. The van der Waals surface area contributed by atoms with Crippen LogP contribution in [0.15, 0.2) is 5.38 Å². The number of morpholine rings is 1. The number of rotatable bonds is 4. The van der Waals surface area contributed by atoms with E-state index in [9.17, 15) is 4.79 Å². The number of aryl methyl sites for hydroxylation is 1. The Hall–Kier alpha value is -1.14. The minimum Gasteiger partial charge on any atom is -0.481 e. The molecule has 2 heterocycles. The number of hydrogen-bond donors (Lipinski definition) is 1. The topological polar surface area (TPSA) is 62.7 Å². The summed E-state index contributed by atoms with van der Waals surface area (Å²) in [6.07, 6.45) is 1.06. The van der Waals surface area contributed by atoms with E-state index in [1.54, 1.807) is 11.3 Å². The van der Waals surface area contributed by atoms with Gasteiger partial charge in [-0.3, -0.25) is 4.79 Å². The van der Waals surface area contributed by atoms with E-state index in [1.807, 2.05) is 5.38 Å². The zero-order valence-corrected chi connectivity index (χ0v) is 11.4. The van der Waals surface area contributed by atoms with Gasteiger partial charge in [0.2, 0.25) is 0 Å². The molecule has 0 aliphatic carbocycles. The molecule has 1 fully saturated rings. The Morgan fingerprint density at radius 2 is 2.22 bits per heavy atom. The Labute approximate surface area is 110 Å². The third-order valence-electron chi connectivity index (χ3n) is 2.82. The third kappa shape index (κ3) is 3.43. The summed E-state index contributed by atoms with van der Waals surface area (Å²) in [5.41, 5.74) is 0.865. The average molecular weight is 270 g/mol. The van der Waals surface area contributed by atoms with Gasteiger partial charge in [-0.05, 0) is 13.8 Å². The second-order valence-corrected chi connectivity index (χ2v) is 5.51. The summed E-state index contributed by atoms with van der Waals surface area (Å²) >= 11 is 1.58. The zero-order chi connectivity index (χ0) is 13.1. The highest BCUT2D eigenvalue weighted by atomic mass is 32.1. The molecule has 18 heavy (non-hydrogen) atoms. The van der Waals surface area contributed by atoms with Crippen LogP contribution >= 0.6 is 11.3 Å². The van der Waals surface area contributed by atoms with Crippen LogP contribution in [0.1, 0.15) is 26.0 Å². The van der Waals surface area contributed by atoms with Crippen LogP contribution in [0.5, 0.6) is 0 Å². The third-order valence-corrected chi connectivity index (χ3v) is 3.77. The second kappa shape index (κ2) is 5.67. The van der Waals surface area contributed by atoms with Crippen molar-refractivity contribution in [1.29, 1.82) is 0 Å². The highest BCUT2D eigenvalue weighted by molar-refractivity contribution is 7.13. The molecular formula is C12H18N2O3S. The number of thiazole rings is 1. The molecule has 0 amide bonds. The number of ether oxygens (including phenoxy) is 1. The van der Waals surface area contributed by atoms with Gasteiger partial charge >= 0.3 is 5.97 Å². The molecular weight excluding hydrogens is 252 g/mol. The molecule has 6 heteroatoms. The summed E-state index contributed by atoms with van der Waals surface area (Å²) in [6.45, 7) is 5.80. The predicted octanol–water partition coefficient (Wildman–Crippen LogP) is 1.77. The van der Waals surface area contributed by atoms with Crippen molar-refractivity contribution >= 4 is 22.4 Å². The summed E-state index contributed by atoms with van der Waals surface area (Å²) in [4.78, 5) is 17.2. The summed E-state index contributed by atoms with van der Waals surface area (Å²) in [6, 6.07) is 0. The lowest BCUT2D eigenvalue weighted by Crippen LogP contribution is -2.45. The van der Waals surface area contributed by atoms with Crippen molar-refractivity contribution < 1.29 is 14.6 Å². The van der Waals surface area contributed by atoms with Crippen molar-refractivity contribution in [3.8, 4) is 0 Å². The maximum Gasteiger partial charge on any atom is 0.303 e. The lowest BCUT2D eigenvalue weighted by molar-refractivity contribution is -0.136. The molecule has 2 rings (SSSR count). The fraction of sp³-hybridized carbons (Fsp3) is 0.667. The standard InChI is InChI=1S/C12H18N2O3S/c1-8-5-14(6-9(2)17-8)12-13-10(7-18-12)3-4-11(15)16/h7-9H,3-6H2,1-2H3,(H,15,16)/t8-,9+. The van der Waals surface area contributed by atoms with Gasteiger partial charge in [0.05, 0.1) is 24.3 Å². The maximum absolute atomic E-state index is 10.5. The lowest BCUT2D eigenvalue weighted by atomic mass is 10.2. The summed E-state index contributed by atoms with van der Waals surface area (Å²) in [7, 11) is 0. The van der Waals surface area contributed by atoms with Crippen molar-refractivity contribution in [2.45, 2.75) is 38.9 Å². The van der Waals surface area contributed by atoms with Crippen molar-refractivity contribution in [2.75, 3.05) is 18.0 Å². The molecule has 1 aliphatic rings. The van der Waals surface area contributed by atoms with Crippen LogP contribution in [0, 0.1) is 0 Å². The summed E-state index contributed by atoms with van der Waals surface area (Å²) < 4.78 is 5.68. The molecule has 100 valence electrons. The van der Waals surface area contributed by atoms with Crippen LogP contribution in [0.25, 0.3) is 0 Å². The van der Waals surface area contributed by atoms with Gasteiger partial charge in [0.15, 0.2) is 5.13 Å². The van der Waals surface area contributed by atoms with Gasteiger partial charge in [-0.15, -0.1) is 11.3 Å². The molecule has 2 atom stereocenters. The largest absolute Gasteiger partial charge is 0.481 e. The van der Waals surface area contributed by atoms with Crippen LogP contribution in [0.4, 0.5) is 5.13 Å². The first-order valence-corrected chi connectivity index (χ1v) is 6.99. The molecule has 0 aromatic carbocycles. The van der Waals surface area contributed by atoms with Crippen LogP contribution < -0.4 is 4.90 Å². The molecule has 0 radical (unpaired) electrons. The number of aliphatic carboxylic acids is 1.